The quantitative estimate of drug-likeness (QED) is 0.264. The molecule has 0 amide bonds. The van der Waals surface area contributed by atoms with Gasteiger partial charge in [-0.2, -0.15) is 0 Å². The molecule has 0 aliphatic rings. The van der Waals surface area contributed by atoms with Gasteiger partial charge >= 0.3 is 199 Å². The maximum absolute atomic E-state index is 9.35. The molecule has 0 saturated carbocycles. The van der Waals surface area contributed by atoms with Gasteiger partial charge in [0.25, 0.3) is 0 Å². The van der Waals surface area contributed by atoms with Crippen LogP contribution in [0, 0.1) is 0 Å². The SMILES string of the molecule is [O]=[Fe+].[O]=[Fe][O][Fe]=[O].[O]=[Fe][O][Fe]=[O].[O]=[Y][O-].[O]=[Y][O][Y]=[O]. The van der Waals surface area contributed by atoms with Crippen molar-refractivity contribution in [2.45, 2.75) is 0 Å². The van der Waals surface area contributed by atoms with Gasteiger partial charge in [-0.05, 0) is 0 Å². The van der Waals surface area contributed by atoms with Gasteiger partial charge in [-0.3, -0.25) is 0 Å². The van der Waals surface area contributed by atoms with Crippen LogP contribution in [0.4, 0.5) is 0 Å². The van der Waals surface area contributed by atoms with E-state index < -0.39 is 150 Å². The van der Waals surface area contributed by atoms with Crippen LogP contribution in [0.3, 0.4) is 0 Å². The molecule has 0 aromatic rings. The van der Waals surface area contributed by atoms with Gasteiger partial charge in [0, 0.05) is 0 Å². The average Bonchev–Trinajstić information content (AvgIpc) is 2.46. The van der Waals surface area contributed by atoms with Gasteiger partial charge in [-0.25, -0.2) is 0 Å². The first-order valence-electron chi connectivity index (χ1n) is 2.71. The third kappa shape index (κ3) is 96.2. The van der Waals surface area contributed by atoms with E-state index in [-0.39, 0.29) is 0 Å². The Bertz CT molecular complexity index is 194. The molecule has 0 aromatic heterocycles. The second kappa shape index (κ2) is 56.7. The monoisotopic (exact) mass is 738 g/mol. The molecule has 0 bridgehead atoms. The summed E-state index contributed by atoms with van der Waals surface area (Å²) < 4.78 is 91.8. The summed E-state index contributed by atoms with van der Waals surface area (Å²) in [7, 11) is 0. The van der Waals surface area contributed by atoms with Crippen molar-refractivity contribution in [2.24, 2.45) is 0 Å². The molecule has 20 heavy (non-hydrogen) atoms. The maximum atomic E-state index is 9.35. The molecule has 0 N–H and O–H groups in total. The Morgan fingerprint density at radius 2 is 0.950 bits per heavy atom. The molecule has 0 atom stereocenters. The molecule has 0 spiro atoms. The molecule has 12 nitrogen and oxygen atoms in total. The summed E-state index contributed by atoms with van der Waals surface area (Å²) in [5.74, 6) is 0. The van der Waals surface area contributed by atoms with E-state index >= 15 is 0 Å². The summed E-state index contributed by atoms with van der Waals surface area (Å²) in [6, 6.07) is 0. The normalized spacial score (nSPS) is 5.85. The fraction of sp³-hybridized carbons (Fsp3) is 0. The molecule has 0 radical (unpaired) electrons. The van der Waals surface area contributed by atoms with E-state index in [0.717, 1.165) is 0 Å². The van der Waals surface area contributed by atoms with E-state index in [2.05, 4.69) is 5.17 Å². The Labute approximate surface area is 194 Å². The van der Waals surface area contributed by atoms with E-state index in [0.29, 0.717) is 0 Å². The molecule has 0 unspecified atom stereocenters. The van der Waals surface area contributed by atoms with Gasteiger partial charge in [0.2, 0.25) is 0 Å². The van der Waals surface area contributed by atoms with Crippen LogP contribution in [0.15, 0.2) is 0 Å². The molecule has 0 rings (SSSR count). The van der Waals surface area contributed by atoms with Crippen LogP contribution in [0.5, 0.6) is 0 Å². The van der Waals surface area contributed by atoms with Crippen LogP contribution in [0.2, 0.25) is 0 Å². The summed E-state index contributed by atoms with van der Waals surface area (Å²) >= 11 is -7.08. The number of rotatable bonds is 6. The topological polar surface area (TPSA) is 187 Å². The molecule has 0 saturated heterocycles. The van der Waals surface area contributed by atoms with Gasteiger partial charge in [-0.15, -0.1) is 0 Å². The van der Waals surface area contributed by atoms with Crippen LogP contribution < -0.4 is 2.42 Å². The van der Waals surface area contributed by atoms with Crippen LogP contribution >= 0.6 is 0 Å². The van der Waals surface area contributed by atoms with E-state index in [1.165, 1.54) is 0 Å². The van der Waals surface area contributed by atoms with Crippen molar-refractivity contribution in [2.75, 3.05) is 0 Å². The van der Waals surface area contributed by atoms with E-state index in [9.17, 15) is 4.09 Å². The van der Waals surface area contributed by atoms with Crippen molar-refractivity contribution >= 4 is 0 Å². The standard InChI is InChI=1S/5Fe.12O.3Y/q;;;;+1;;;;;;;;;;;;-1;;;. The first-order chi connectivity index (χ1) is 9.66. The number of hydrogen-bond donors (Lipinski definition) is 0. The first-order valence-corrected chi connectivity index (χ1v) is 13.7. The molecule has 0 fully saturated rings. The molecule has 0 aromatic carbocycles. The van der Waals surface area contributed by atoms with Gasteiger partial charge in [0.05, 0.1) is 0 Å². The van der Waals surface area contributed by atoms with Gasteiger partial charge in [0.1, 0.15) is 0 Å². The Hall–Kier alpha value is 4.15. The zero-order valence-electron chi connectivity index (χ0n) is 8.40. The fourth-order valence-electron chi connectivity index (χ4n) is 0.0397. The fourth-order valence-corrected chi connectivity index (χ4v) is 1.08. The summed E-state index contributed by atoms with van der Waals surface area (Å²) in [4.78, 5) is 0. The molecular weight excluding hydrogens is 738 g/mol. The van der Waals surface area contributed by atoms with Crippen molar-refractivity contribution in [3.05, 3.63) is 0 Å². The molecular formula is Fe5O12Y3. The van der Waals surface area contributed by atoms with E-state index in [1.54, 1.807) is 0 Å². The van der Waals surface area contributed by atoms with Crippen molar-refractivity contribution in [3.8, 4) is 0 Å². The van der Waals surface area contributed by atoms with Crippen molar-refractivity contribution < 1.29 is 199 Å². The third-order valence-corrected chi connectivity index (χ3v) is 5.31. The van der Waals surface area contributed by atoms with Gasteiger partial charge in [0.15, 0.2) is 0 Å². The van der Waals surface area contributed by atoms with Crippen LogP contribution in [0.25, 0.3) is 0 Å². The second-order valence-corrected chi connectivity index (χ2v) is 9.18. The zero-order chi connectivity index (χ0) is 17.1. The minimum atomic E-state index is -2.39. The Morgan fingerprint density at radius 3 is 0.950 bits per heavy atom. The minimum absolute atomic E-state index is 0.719. The zero-order valence-corrected chi connectivity index (χ0v) is 22.4. The molecule has 0 heterocycles. The summed E-state index contributed by atoms with van der Waals surface area (Å²) in [5.41, 5.74) is 0. The Morgan fingerprint density at radius 1 is 0.750 bits per heavy atom. The summed E-state index contributed by atoms with van der Waals surface area (Å²) in [6.07, 6.45) is 0. The summed E-state index contributed by atoms with van der Waals surface area (Å²) in [5, 5.41) is 0. The Balaban J connectivity index is -0.0000000487. The average molecular weight is 738 g/mol. The van der Waals surface area contributed by atoms with Gasteiger partial charge < -0.3 is 0 Å². The van der Waals surface area contributed by atoms with Crippen LogP contribution in [-0.4, -0.2) is 0 Å². The predicted molar refractivity (Wildman–Crippen MR) is 8.75 cm³/mol. The molecule has 20 heteroatoms. The van der Waals surface area contributed by atoms with Crippen molar-refractivity contribution in [3.63, 3.8) is 0 Å². The van der Waals surface area contributed by atoms with Gasteiger partial charge in [-0.1, -0.05) is 0 Å². The molecule has 0 aliphatic carbocycles. The number of hydrogen-bond acceptors (Lipinski definition) is 12. The summed E-state index contributed by atoms with van der Waals surface area (Å²) in [6.45, 7) is 0. The predicted octanol–water partition coefficient (Wildman–Crippen LogP) is -2.36. The van der Waals surface area contributed by atoms with E-state index in [1.807, 2.05) is 15.9 Å². The molecule has 121 valence electrons. The second-order valence-electron chi connectivity index (χ2n) is 0.763. The van der Waals surface area contributed by atoms with Crippen LogP contribution in [-0.2, 0) is 197 Å². The Kier molecular flexibility index (Phi) is 100. The third-order valence-electron chi connectivity index (χ3n) is 0.194. The first kappa shape index (κ1) is 35.3. The van der Waals surface area contributed by atoms with E-state index in [4.69, 9.17) is 23.6 Å². The van der Waals surface area contributed by atoms with Crippen molar-refractivity contribution in [1.82, 2.24) is 0 Å². The van der Waals surface area contributed by atoms with Crippen molar-refractivity contribution in [1.29, 1.82) is 0 Å². The molecule has 0 aliphatic heterocycles. The van der Waals surface area contributed by atoms with Crippen LogP contribution in [0.1, 0.15) is 0 Å².